The molecule has 6 nitrogen and oxygen atoms in total. The number of hydrogen-bond acceptors (Lipinski definition) is 3. The van der Waals surface area contributed by atoms with Gasteiger partial charge < -0.3 is 10.0 Å². The van der Waals surface area contributed by atoms with Gasteiger partial charge >= 0.3 is 5.97 Å². The lowest BCUT2D eigenvalue weighted by Crippen LogP contribution is -2.38. The van der Waals surface area contributed by atoms with Gasteiger partial charge in [0.15, 0.2) is 0 Å². The molecule has 1 fully saturated rings. The summed E-state index contributed by atoms with van der Waals surface area (Å²) in [5, 5.41) is 13.2. The summed E-state index contributed by atoms with van der Waals surface area (Å²) in [6, 6.07) is 8.24. The van der Waals surface area contributed by atoms with E-state index in [0.29, 0.717) is 24.6 Å². The minimum absolute atomic E-state index is 0.100. The van der Waals surface area contributed by atoms with Gasteiger partial charge in [0.05, 0.1) is 5.56 Å². The van der Waals surface area contributed by atoms with Gasteiger partial charge in [-0.25, -0.2) is 4.79 Å². The average molecular weight is 313 g/mol. The van der Waals surface area contributed by atoms with Crippen LogP contribution in [0.5, 0.6) is 0 Å². The number of carbonyl (C=O) groups excluding carboxylic acids is 1. The normalized spacial score (nSPS) is 15.6. The number of rotatable bonds is 3. The van der Waals surface area contributed by atoms with Crippen molar-refractivity contribution in [1.82, 2.24) is 14.7 Å². The van der Waals surface area contributed by atoms with Crippen LogP contribution in [0.25, 0.3) is 0 Å². The van der Waals surface area contributed by atoms with Crippen molar-refractivity contribution in [1.29, 1.82) is 0 Å². The largest absolute Gasteiger partial charge is 0.478 e. The van der Waals surface area contributed by atoms with Crippen molar-refractivity contribution in [2.45, 2.75) is 18.8 Å². The highest BCUT2D eigenvalue weighted by Gasteiger charge is 2.26. The monoisotopic (exact) mass is 313 g/mol. The number of piperidine rings is 1. The number of nitrogens with zero attached hydrogens (tertiary/aromatic N) is 3. The Morgan fingerprint density at radius 1 is 1.17 bits per heavy atom. The second-order valence-corrected chi connectivity index (χ2v) is 5.83. The lowest BCUT2D eigenvalue weighted by molar-refractivity contribution is 0.0697. The van der Waals surface area contributed by atoms with E-state index in [2.05, 4.69) is 5.10 Å². The maximum atomic E-state index is 12.6. The Morgan fingerprint density at radius 3 is 2.48 bits per heavy atom. The van der Waals surface area contributed by atoms with Crippen LogP contribution >= 0.6 is 0 Å². The van der Waals surface area contributed by atoms with Crippen molar-refractivity contribution in [3.8, 4) is 0 Å². The zero-order valence-electron chi connectivity index (χ0n) is 13.0. The standard InChI is InChI=1S/C17H19N3O3/c1-19-15(5-8-18-19)12-6-9-20(10-7-12)16(21)13-3-2-4-14(11-13)17(22)23/h2-5,8,11-12H,6-7,9-10H2,1H3,(H,22,23). The Morgan fingerprint density at radius 2 is 1.87 bits per heavy atom. The number of likely N-dealkylation sites (tertiary alicyclic amines) is 1. The molecule has 1 aliphatic heterocycles. The highest BCUT2D eigenvalue weighted by molar-refractivity contribution is 5.97. The van der Waals surface area contributed by atoms with Crippen LogP contribution in [0.3, 0.4) is 0 Å². The number of aromatic carboxylic acids is 1. The third-order valence-corrected chi connectivity index (χ3v) is 4.42. The van der Waals surface area contributed by atoms with Crippen LogP contribution in [0.2, 0.25) is 0 Å². The molecule has 23 heavy (non-hydrogen) atoms. The topological polar surface area (TPSA) is 75.4 Å². The first-order chi connectivity index (χ1) is 11.1. The third kappa shape index (κ3) is 3.11. The predicted molar refractivity (Wildman–Crippen MR) is 84.5 cm³/mol. The lowest BCUT2D eigenvalue weighted by Gasteiger charge is -2.32. The van der Waals surface area contributed by atoms with Gasteiger partial charge in [-0.1, -0.05) is 6.07 Å². The molecular weight excluding hydrogens is 294 g/mol. The Labute approximate surface area is 134 Å². The molecule has 0 saturated carbocycles. The second kappa shape index (κ2) is 6.24. The number of aryl methyl sites for hydroxylation is 1. The Bertz CT molecular complexity index is 730. The van der Waals surface area contributed by atoms with E-state index in [0.717, 1.165) is 12.8 Å². The molecule has 2 heterocycles. The summed E-state index contributed by atoms with van der Waals surface area (Å²) >= 11 is 0. The Balaban J connectivity index is 1.68. The summed E-state index contributed by atoms with van der Waals surface area (Å²) in [5.74, 6) is -0.706. The van der Waals surface area contributed by atoms with Crippen LogP contribution in [0.4, 0.5) is 0 Å². The SMILES string of the molecule is Cn1nccc1C1CCN(C(=O)c2cccc(C(=O)O)c2)CC1. The van der Waals surface area contributed by atoms with Gasteiger partial charge in [0.2, 0.25) is 0 Å². The fraction of sp³-hybridized carbons (Fsp3) is 0.353. The lowest BCUT2D eigenvalue weighted by atomic mass is 9.93. The molecule has 3 rings (SSSR count). The molecule has 120 valence electrons. The minimum Gasteiger partial charge on any atom is -0.478 e. The van der Waals surface area contributed by atoms with Crippen LogP contribution in [0.15, 0.2) is 36.5 Å². The van der Waals surface area contributed by atoms with Gasteiger partial charge in [-0.05, 0) is 37.1 Å². The van der Waals surface area contributed by atoms with Crippen molar-refractivity contribution in [3.63, 3.8) is 0 Å². The van der Waals surface area contributed by atoms with E-state index in [-0.39, 0.29) is 11.5 Å². The first-order valence-corrected chi connectivity index (χ1v) is 7.67. The highest BCUT2D eigenvalue weighted by atomic mass is 16.4. The molecule has 0 aliphatic carbocycles. The quantitative estimate of drug-likeness (QED) is 0.942. The van der Waals surface area contributed by atoms with Gasteiger partial charge in [0.25, 0.3) is 5.91 Å². The van der Waals surface area contributed by atoms with Crippen molar-refractivity contribution in [2.75, 3.05) is 13.1 Å². The van der Waals surface area contributed by atoms with Crippen molar-refractivity contribution in [3.05, 3.63) is 53.3 Å². The molecule has 1 saturated heterocycles. The second-order valence-electron chi connectivity index (χ2n) is 5.83. The molecule has 1 N–H and O–H groups in total. The molecule has 0 atom stereocenters. The zero-order valence-corrected chi connectivity index (χ0v) is 13.0. The van der Waals surface area contributed by atoms with Crippen molar-refractivity contribution < 1.29 is 14.7 Å². The number of benzene rings is 1. The molecule has 1 amide bonds. The number of aromatic nitrogens is 2. The third-order valence-electron chi connectivity index (χ3n) is 4.42. The van der Waals surface area contributed by atoms with Gasteiger partial charge in [0.1, 0.15) is 0 Å². The highest BCUT2D eigenvalue weighted by Crippen LogP contribution is 2.28. The van der Waals surface area contributed by atoms with E-state index in [9.17, 15) is 9.59 Å². The molecule has 6 heteroatoms. The van der Waals surface area contributed by atoms with Crippen LogP contribution < -0.4 is 0 Å². The molecule has 2 aromatic rings. The zero-order chi connectivity index (χ0) is 16.4. The maximum Gasteiger partial charge on any atom is 0.335 e. The molecule has 0 bridgehead atoms. The summed E-state index contributed by atoms with van der Waals surface area (Å²) in [5.41, 5.74) is 1.77. The smallest absolute Gasteiger partial charge is 0.335 e. The molecule has 0 unspecified atom stereocenters. The minimum atomic E-state index is -1.02. The van der Waals surface area contributed by atoms with E-state index in [1.54, 1.807) is 23.2 Å². The van der Waals surface area contributed by atoms with Crippen molar-refractivity contribution in [2.24, 2.45) is 7.05 Å². The van der Waals surface area contributed by atoms with Gasteiger partial charge in [-0.2, -0.15) is 5.10 Å². The summed E-state index contributed by atoms with van der Waals surface area (Å²) in [7, 11) is 1.93. The number of carboxylic acid groups (broad SMARTS) is 1. The number of hydrogen-bond donors (Lipinski definition) is 1. The summed E-state index contributed by atoms with van der Waals surface area (Å²) in [4.78, 5) is 25.4. The molecule has 0 radical (unpaired) electrons. The van der Waals surface area contributed by atoms with E-state index in [1.165, 1.54) is 17.8 Å². The van der Waals surface area contributed by atoms with Crippen LogP contribution in [-0.2, 0) is 7.05 Å². The fourth-order valence-corrected chi connectivity index (χ4v) is 3.13. The first-order valence-electron chi connectivity index (χ1n) is 7.67. The Kier molecular flexibility index (Phi) is 4.14. The average Bonchev–Trinajstić information content (AvgIpc) is 3.00. The Hall–Kier alpha value is -2.63. The van der Waals surface area contributed by atoms with E-state index >= 15 is 0 Å². The fourth-order valence-electron chi connectivity index (χ4n) is 3.13. The van der Waals surface area contributed by atoms with Crippen LogP contribution in [-0.4, -0.2) is 44.8 Å². The van der Waals surface area contributed by atoms with Crippen LogP contribution in [0.1, 0.15) is 45.2 Å². The van der Waals surface area contributed by atoms with Gasteiger partial charge in [0, 0.05) is 43.5 Å². The molecular formula is C17H19N3O3. The van der Waals surface area contributed by atoms with Gasteiger partial charge in [-0.3, -0.25) is 9.48 Å². The van der Waals surface area contributed by atoms with Crippen molar-refractivity contribution >= 4 is 11.9 Å². The predicted octanol–water partition coefficient (Wildman–Crippen LogP) is 2.14. The number of carboxylic acids is 1. The van der Waals surface area contributed by atoms with Gasteiger partial charge in [-0.15, -0.1) is 0 Å². The van der Waals surface area contributed by atoms with E-state index < -0.39 is 5.97 Å². The van der Waals surface area contributed by atoms with Crippen LogP contribution in [0, 0.1) is 0 Å². The molecule has 1 aliphatic rings. The van der Waals surface area contributed by atoms with E-state index in [4.69, 9.17) is 5.11 Å². The summed E-state index contributed by atoms with van der Waals surface area (Å²) in [6.07, 6.45) is 3.58. The summed E-state index contributed by atoms with van der Waals surface area (Å²) < 4.78 is 1.89. The summed E-state index contributed by atoms with van der Waals surface area (Å²) in [6.45, 7) is 1.35. The molecule has 1 aromatic carbocycles. The molecule has 1 aromatic heterocycles. The number of carbonyl (C=O) groups is 2. The first kappa shape index (κ1) is 15.3. The maximum absolute atomic E-state index is 12.6. The molecule has 0 spiro atoms. The number of amides is 1. The van der Waals surface area contributed by atoms with E-state index in [1.807, 2.05) is 17.8 Å².